The summed E-state index contributed by atoms with van der Waals surface area (Å²) in [6.07, 6.45) is 5.09. The predicted molar refractivity (Wildman–Crippen MR) is 105 cm³/mol. The van der Waals surface area contributed by atoms with Gasteiger partial charge in [0.1, 0.15) is 5.69 Å². The molecule has 8 heteroatoms. The zero-order valence-corrected chi connectivity index (χ0v) is 17.2. The van der Waals surface area contributed by atoms with Crippen molar-refractivity contribution in [3.63, 3.8) is 0 Å². The second-order valence-electron chi connectivity index (χ2n) is 7.90. The number of esters is 1. The number of carbonyl (C=O) groups is 2. The van der Waals surface area contributed by atoms with E-state index in [0.717, 1.165) is 18.4 Å². The van der Waals surface area contributed by atoms with Crippen LogP contribution in [0, 0.1) is 12.3 Å². The Kier molecular flexibility index (Phi) is 6.10. The molecule has 1 amide bonds. The Morgan fingerprint density at radius 3 is 2.69 bits per heavy atom. The van der Waals surface area contributed by atoms with E-state index in [-0.39, 0.29) is 18.3 Å². The van der Waals surface area contributed by atoms with Gasteiger partial charge in [-0.15, -0.1) is 0 Å². The number of aryl methyl sites for hydroxylation is 1. The summed E-state index contributed by atoms with van der Waals surface area (Å²) < 4.78 is 10.2. The molecule has 1 aliphatic carbocycles. The molecule has 0 saturated heterocycles. The summed E-state index contributed by atoms with van der Waals surface area (Å²) in [5.41, 5.74) is 2.04. The third-order valence-electron chi connectivity index (χ3n) is 4.98. The highest BCUT2D eigenvalue weighted by molar-refractivity contribution is 5.91. The minimum Gasteiger partial charge on any atom is -0.466 e. The van der Waals surface area contributed by atoms with Crippen LogP contribution in [0.1, 0.15) is 51.0 Å². The molecular weight excluding hydrogens is 372 g/mol. The largest absolute Gasteiger partial charge is 0.466 e. The highest BCUT2D eigenvalue weighted by Crippen LogP contribution is 2.27. The van der Waals surface area contributed by atoms with E-state index in [4.69, 9.17) is 9.26 Å². The van der Waals surface area contributed by atoms with Gasteiger partial charge in [0.15, 0.2) is 0 Å². The van der Waals surface area contributed by atoms with Gasteiger partial charge in [-0.25, -0.2) is 4.79 Å². The first kappa shape index (κ1) is 20.7. The highest BCUT2D eigenvalue weighted by Gasteiger charge is 2.32. The van der Waals surface area contributed by atoms with Gasteiger partial charge >= 0.3 is 5.97 Å². The number of carbonyl (C=O) groups excluding carboxylic acids is 2. The van der Waals surface area contributed by atoms with Gasteiger partial charge in [-0.3, -0.25) is 9.78 Å². The molecular formula is C21H26N4O4. The molecule has 2 heterocycles. The molecule has 3 rings (SSSR count). The molecule has 0 radical (unpaired) electrons. The van der Waals surface area contributed by atoms with Gasteiger partial charge in [0.25, 0.3) is 0 Å². The van der Waals surface area contributed by atoms with Gasteiger partial charge in [0.05, 0.1) is 18.1 Å². The average molecular weight is 398 g/mol. The zero-order chi connectivity index (χ0) is 21.0. The number of methoxy groups -OCH3 is 1. The quantitative estimate of drug-likeness (QED) is 0.745. The number of aromatic nitrogens is 3. The number of amides is 1. The third kappa shape index (κ3) is 4.88. The molecule has 0 saturated carbocycles. The topological polar surface area (TPSA) is 107 Å². The van der Waals surface area contributed by atoms with Crippen molar-refractivity contribution in [2.24, 2.45) is 5.41 Å². The molecule has 1 N–H and O–H groups in total. The number of nitrogens with one attached hydrogen (secondary N) is 1. The van der Waals surface area contributed by atoms with Crippen LogP contribution >= 0.6 is 0 Å². The van der Waals surface area contributed by atoms with E-state index in [2.05, 4.69) is 20.4 Å². The molecule has 2 aromatic rings. The van der Waals surface area contributed by atoms with Crippen LogP contribution in [0.2, 0.25) is 0 Å². The van der Waals surface area contributed by atoms with Crippen LogP contribution in [0.5, 0.6) is 0 Å². The third-order valence-corrected chi connectivity index (χ3v) is 4.98. The lowest BCUT2D eigenvalue weighted by atomic mass is 9.87. The fraction of sp³-hybridized carbons (Fsp3) is 0.476. The first-order valence-electron chi connectivity index (χ1n) is 9.67. The van der Waals surface area contributed by atoms with Gasteiger partial charge < -0.3 is 14.6 Å². The van der Waals surface area contributed by atoms with Gasteiger partial charge in [0, 0.05) is 18.3 Å². The monoisotopic (exact) mass is 398 g/mol. The van der Waals surface area contributed by atoms with E-state index in [9.17, 15) is 9.59 Å². The molecule has 0 aliphatic heterocycles. The van der Waals surface area contributed by atoms with E-state index >= 15 is 0 Å². The summed E-state index contributed by atoms with van der Waals surface area (Å²) in [6, 6.07) is 3.75. The van der Waals surface area contributed by atoms with Crippen LogP contribution in [-0.2, 0) is 20.7 Å². The van der Waals surface area contributed by atoms with Crippen molar-refractivity contribution in [3.05, 3.63) is 41.1 Å². The molecule has 0 atom stereocenters. The summed E-state index contributed by atoms with van der Waals surface area (Å²) in [4.78, 5) is 33.6. The summed E-state index contributed by atoms with van der Waals surface area (Å²) in [7, 11) is 1.35. The predicted octanol–water partition coefficient (Wildman–Crippen LogP) is 3.13. The Labute approximate surface area is 169 Å². The minimum atomic E-state index is -0.809. The summed E-state index contributed by atoms with van der Waals surface area (Å²) in [6.45, 7) is 5.56. The first-order valence-corrected chi connectivity index (χ1v) is 9.67. The van der Waals surface area contributed by atoms with Crippen molar-refractivity contribution in [1.29, 1.82) is 0 Å². The van der Waals surface area contributed by atoms with Crippen LogP contribution in [0.3, 0.4) is 0 Å². The fourth-order valence-electron chi connectivity index (χ4n) is 3.19. The maximum atomic E-state index is 12.9. The molecule has 0 spiro atoms. The Morgan fingerprint density at radius 2 is 2.00 bits per heavy atom. The minimum absolute atomic E-state index is 0.205. The number of hydrogen-bond donors (Lipinski definition) is 1. The molecule has 8 nitrogen and oxygen atoms in total. The van der Waals surface area contributed by atoms with Crippen LogP contribution in [-0.4, -0.2) is 34.1 Å². The summed E-state index contributed by atoms with van der Waals surface area (Å²) in [5, 5.41) is 6.90. The van der Waals surface area contributed by atoms with Gasteiger partial charge in [-0.2, -0.15) is 4.98 Å². The molecule has 0 aromatic carbocycles. The maximum absolute atomic E-state index is 12.9. The smallest absolute Gasteiger partial charge is 0.335 e. The number of hydrogen-bond acceptors (Lipinski definition) is 7. The van der Waals surface area contributed by atoms with Crippen LogP contribution in [0.15, 0.2) is 34.1 Å². The highest BCUT2D eigenvalue weighted by atomic mass is 16.5. The lowest BCUT2D eigenvalue weighted by molar-refractivity contribution is -0.136. The fourth-order valence-corrected chi connectivity index (χ4v) is 3.19. The number of nitrogens with zero attached hydrogens (tertiary/aromatic N) is 3. The summed E-state index contributed by atoms with van der Waals surface area (Å²) >= 11 is 0. The Hall–Kier alpha value is -3.03. The van der Waals surface area contributed by atoms with Crippen molar-refractivity contribution in [2.45, 2.75) is 52.9 Å². The van der Waals surface area contributed by atoms with E-state index in [1.165, 1.54) is 7.11 Å². The van der Waals surface area contributed by atoms with Crippen molar-refractivity contribution < 1.29 is 18.8 Å². The van der Waals surface area contributed by atoms with Crippen LogP contribution < -0.4 is 5.32 Å². The van der Waals surface area contributed by atoms with Crippen LogP contribution in [0.25, 0.3) is 11.5 Å². The Bertz CT molecular complexity index is 928. The number of ether oxygens (including phenoxy) is 1. The first-order chi connectivity index (χ1) is 13.8. The maximum Gasteiger partial charge on any atom is 0.335 e. The van der Waals surface area contributed by atoms with E-state index in [1.807, 2.05) is 19.1 Å². The normalized spacial score (nSPS) is 14.6. The number of rotatable bonds is 6. The van der Waals surface area contributed by atoms with E-state index in [1.54, 1.807) is 20.0 Å². The van der Waals surface area contributed by atoms with Crippen molar-refractivity contribution >= 4 is 11.9 Å². The molecule has 0 bridgehead atoms. The van der Waals surface area contributed by atoms with Gasteiger partial charge in [-0.1, -0.05) is 25.1 Å². The van der Waals surface area contributed by atoms with Crippen molar-refractivity contribution in [2.75, 3.05) is 7.11 Å². The van der Waals surface area contributed by atoms with Crippen molar-refractivity contribution in [1.82, 2.24) is 20.4 Å². The Balaban J connectivity index is 1.72. The molecule has 2 aromatic heterocycles. The zero-order valence-electron chi connectivity index (χ0n) is 17.2. The molecule has 1 aliphatic rings. The van der Waals surface area contributed by atoms with Crippen molar-refractivity contribution in [3.8, 4) is 11.5 Å². The number of allylic oxidation sites excluding steroid dienone is 1. The molecule has 29 heavy (non-hydrogen) atoms. The Morgan fingerprint density at radius 1 is 1.24 bits per heavy atom. The second-order valence-corrected chi connectivity index (χ2v) is 7.90. The standard InChI is InChI=1S/C21H26N4O4/c1-13-9-10-16(22-12-13)18-24-17(29-25-18)11-21(2,3)20(27)23-15-8-6-5-7-14(15)19(26)28-4/h9-10,12H,5-8,11H2,1-4H3,(H,23,27). The lowest BCUT2D eigenvalue weighted by Crippen LogP contribution is -2.39. The summed E-state index contributed by atoms with van der Waals surface area (Å²) in [5.74, 6) is 0.154. The van der Waals surface area contributed by atoms with Gasteiger partial charge in [0.2, 0.25) is 17.6 Å². The SMILES string of the molecule is COC(=O)C1=C(NC(=O)C(C)(C)Cc2nc(-c3ccc(C)cn3)no2)CCCC1. The molecule has 154 valence electrons. The van der Waals surface area contributed by atoms with E-state index in [0.29, 0.717) is 41.5 Å². The molecule has 0 fully saturated rings. The number of pyridine rings is 1. The van der Waals surface area contributed by atoms with E-state index < -0.39 is 5.41 Å². The lowest BCUT2D eigenvalue weighted by Gasteiger charge is -2.25. The van der Waals surface area contributed by atoms with Gasteiger partial charge in [-0.05, 0) is 44.2 Å². The van der Waals surface area contributed by atoms with Crippen LogP contribution in [0.4, 0.5) is 0 Å². The second kappa shape index (κ2) is 8.55. The average Bonchev–Trinajstić information content (AvgIpc) is 3.16. The molecule has 0 unspecified atom stereocenters.